The summed E-state index contributed by atoms with van der Waals surface area (Å²) in [5, 5.41) is 7.95. The van der Waals surface area contributed by atoms with Crippen molar-refractivity contribution in [2.75, 3.05) is 18.5 Å². The van der Waals surface area contributed by atoms with E-state index in [2.05, 4.69) is 20.4 Å². The Morgan fingerprint density at radius 3 is 2.80 bits per heavy atom. The first-order valence-corrected chi connectivity index (χ1v) is 11.2. The fourth-order valence-electron chi connectivity index (χ4n) is 3.86. The Morgan fingerprint density at radius 1 is 1.11 bits per heavy atom. The lowest BCUT2D eigenvalue weighted by Crippen LogP contribution is -2.15. The molecule has 35 heavy (non-hydrogen) atoms. The molecule has 0 radical (unpaired) electrons. The van der Waals surface area contributed by atoms with E-state index in [1.165, 1.54) is 12.4 Å². The Balaban J connectivity index is 1.36. The fraction of sp³-hybridized carbons (Fsp3) is 0.115. The SMILES string of the molecule is NCCOc1cccc2[nH]c(-c3cc(NC(=O)c4cnn(Cc5ccccc5)c4)c[nH]c3=O)cc12. The molecular formula is C26H24N6O3. The van der Waals surface area contributed by atoms with Crippen LogP contribution in [0.2, 0.25) is 0 Å². The topological polar surface area (TPSA) is 131 Å². The zero-order valence-electron chi connectivity index (χ0n) is 18.8. The molecule has 1 amide bonds. The van der Waals surface area contributed by atoms with Crippen molar-refractivity contribution in [2.24, 2.45) is 5.73 Å². The van der Waals surface area contributed by atoms with E-state index in [0.717, 1.165) is 16.5 Å². The molecule has 9 heteroatoms. The molecule has 0 saturated carbocycles. The molecule has 3 heterocycles. The van der Waals surface area contributed by atoms with E-state index in [9.17, 15) is 9.59 Å². The van der Waals surface area contributed by atoms with Gasteiger partial charge in [0.25, 0.3) is 11.5 Å². The normalized spacial score (nSPS) is 11.0. The summed E-state index contributed by atoms with van der Waals surface area (Å²) in [5.74, 6) is 0.361. The van der Waals surface area contributed by atoms with Crippen molar-refractivity contribution in [2.45, 2.75) is 6.54 Å². The lowest BCUT2D eigenvalue weighted by Gasteiger charge is -2.05. The van der Waals surface area contributed by atoms with Crippen molar-refractivity contribution in [3.8, 4) is 17.0 Å². The number of amides is 1. The number of anilines is 1. The second-order valence-corrected chi connectivity index (χ2v) is 8.04. The molecule has 0 spiro atoms. The van der Waals surface area contributed by atoms with E-state index in [0.29, 0.717) is 48.0 Å². The van der Waals surface area contributed by atoms with Crippen LogP contribution in [-0.4, -0.2) is 38.8 Å². The average Bonchev–Trinajstić information content (AvgIpc) is 3.52. The number of H-pyrrole nitrogens is 2. The van der Waals surface area contributed by atoms with Crippen LogP contribution in [0.15, 0.2) is 84.0 Å². The molecule has 0 aliphatic heterocycles. The standard InChI is InChI=1S/C26H24N6O3/c27-9-10-35-24-8-4-7-22-20(24)12-23(31-22)21-11-19(14-28-26(21)34)30-25(33)18-13-29-32(16-18)15-17-5-2-1-3-6-17/h1-8,11-14,16,31H,9-10,15,27H2,(H,28,34)(H,30,33). The summed E-state index contributed by atoms with van der Waals surface area (Å²) in [6.07, 6.45) is 4.68. The molecule has 5 aromatic rings. The van der Waals surface area contributed by atoms with Gasteiger partial charge >= 0.3 is 0 Å². The summed E-state index contributed by atoms with van der Waals surface area (Å²) in [5.41, 5.74) is 9.06. The molecule has 0 saturated heterocycles. The van der Waals surface area contributed by atoms with Crippen molar-refractivity contribution >= 4 is 22.5 Å². The average molecular weight is 469 g/mol. The summed E-state index contributed by atoms with van der Waals surface area (Å²) in [6, 6.07) is 19.0. The van der Waals surface area contributed by atoms with Crippen LogP contribution in [0.5, 0.6) is 5.75 Å². The van der Waals surface area contributed by atoms with Gasteiger partial charge in [-0.2, -0.15) is 5.10 Å². The Labute approximate surface area is 200 Å². The zero-order chi connectivity index (χ0) is 24.2. The number of nitrogens with zero attached hydrogens (tertiary/aromatic N) is 2. The summed E-state index contributed by atoms with van der Waals surface area (Å²) < 4.78 is 7.42. The van der Waals surface area contributed by atoms with Gasteiger partial charge in [-0.25, -0.2) is 0 Å². The maximum atomic E-state index is 12.8. The number of nitrogens with one attached hydrogen (secondary N) is 3. The van der Waals surface area contributed by atoms with Crippen LogP contribution in [0.1, 0.15) is 15.9 Å². The molecule has 0 aliphatic carbocycles. The van der Waals surface area contributed by atoms with Crippen LogP contribution in [0, 0.1) is 0 Å². The predicted octanol–water partition coefficient (Wildman–Crippen LogP) is 3.36. The van der Waals surface area contributed by atoms with Crippen molar-refractivity contribution in [3.05, 3.63) is 101 Å². The number of aromatic nitrogens is 4. The van der Waals surface area contributed by atoms with Gasteiger partial charge in [0.15, 0.2) is 0 Å². The van der Waals surface area contributed by atoms with E-state index >= 15 is 0 Å². The monoisotopic (exact) mass is 468 g/mol. The summed E-state index contributed by atoms with van der Waals surface area (Å²) in [6.45, 7) is 1.36. The first kappa shape index (κ1) is 22.2. The molecule has 0 fully saturated rings. The number of aromatic amines is 2. The maximum Gasteiger partial charge on any atom is 0.258 e. The largest absolute Gasteiger partial charge is 0.492 e. The molecule has 0 atom stereocenters. The first-order chi connectivity index (χ1) is 17.1. The quantitative estimate of drug-likeness (QED) is 0.277. The van der Waals surface area contributed by atoms with Gasteiger partial charge < -0.3 is 25.8 Å². The second-order valence-electron chi connectivity index (χ2n) is 8.04. The molecule has 2 aromatic carbocycles. The fourth-order valence-corrected chi connectivity index (χ4v) is 3.86. The predicted molar refractivity (Wildman–Crippen MR) is 135 cm³/mol. The number of hydrogen-bond donors (Lipinski definition) is 4. The summed E-state index contributed by atoms with van der Waals surface area (Å²) in [4.78, 5) is 31.3. The van der Waals surface area contributed by atoms with Gasteiger partial charge in [0.2, 0.25) is 0 Å². The van der Waals surface area contributed by atoms with Crippen molar-refractivity contribution in [1.29, 1.82) is 0 Å². The zero-order valence-corrected chi connectivity index (χ0v) is 18.8. The number of fused-ring (bicyclic) bond motifs is 1. The Hall–Kier alpha value is -4.63. The summed E-state index contributed by atoms with van der Waals surface area (Å²) in [7, 11) is 0. The number of carbonyl (C=O) groups excluding carboxylic acids is 1. The van der Waals surface area contributed by atoms with Gasteiger partial charge in [-0.05, 0) is 29.8 Å². The highest BCUT2D eigenvalue weighted by Gasteiger charge is 2.14. The third kappa shape index (κ3) is 4.85. The highest BCUT2D eigenvalue weighted by Crippen LogP contribution is 2.30. The molecular weight excluding hydrogens is 444 g/mol. The van der Waals surface area contributed by atoms with E-state index in [1.54, 1.807) is 16.9 Å². The second kappa shape index (κ2) is 9.70. The van der Waals surface area contributed by atoms with E-state index in [4.69, 9.17) is 10.5 Å². The van der Waals surface area contributed by atoms with Gasteiger partial charge in [0, 0.05) is 29.8 Å². The van der Waals surface area contributed by atoms with E-state index in [-0.39, 0.29) is 11.5 Å². The van der Waals surface area contributed by atoms with Crippen LogP contribution in [0.4, 0.5) is 5.69 Å². The van der Waals surface area contributed by atoms with Crippen LogP contribution in [0.25, 0.3) is 22.2 Å². The van der Waals surface area contributed by atoms with Crippen molar-refractivity contribution in [3.63, 3.8) is 0 Å². The molecule has 5 N–H and O–H groups in total. The molecule has 0 unspecified atom stereocenters. The number of hydrogen-bond acceptors (Lipinski definition) is 5. The smallest absolute Gasteiger partial charge is 0.258 e. The van der Waals surface area contributed by atoms with Crippen LogP contribution < -0.4 is 21.3 Å². The Bertz CT molecular complexity index is 1530. The highest BCUT2D eigenvalue weighted by molar-refractivity contribution is 6.04. The lowest BCUT2D eigenvalue weighted by molar-refractivity contribution is 0.102. The van der Waals surface area contributed by atoms with Gasteiger partial charge in [-0.3, -0.25) is 14.3 Å². The third-order valence-corrected chi connectivity index (χ3v) is 5.53. The highest BCUT2D eigenvalue weighted by atomic mass is 16.5. The van der Waals surface area contributed by atoms with E-state index < -0.39 is 0 Å². The number of ether oxygens (including phenoxy) is 1. The first-order valence-electron chi connectivity index (χ1n) is 11.2. The number of pyridine rings is 1. The number of carbonyl (C=O) groups is 1. The van der Waals surface area contributed by atoms with Crippen LogP contribution in [-0.2, 0) is 6.54 Å². The summed E-state index contributed by atoms with van der Waals surface area (Å²) >= 11 is 0. The Morgan fingerprint density at radius 2 is 1.97 bits per heavy atom. The minimum atomic E-state index is -0.323. The molecule has 0 bridgehead atoms. The van der Waals surface area contributed by atoms with Crippen molar-refractivity contribution < 1.29 is 9.53 Å². The lowest BCUT2D eigenvalue weighted by atomic mass is 10.1. The Kier molecular flexibility index (Phi) is 6.15. The van der Waals surface area contributed by atoms with Gasteiger partial charge in [0.1, 0.15) is 12.4 Å². The van der Waals surface area contributed by atoms with Gasteiger partial charge in [-0.15, -0.1) is 0 Å². The van der Waals surface area contributed by atoms with E-state index in [1.807, 2.05) is 54.6 Å². The van der Waals surface area contributed by atoms with Gasteiger partial charge in [0.05, 0.1) is 35.2 Å². The van der Waals surface area contributed by atoms with Gasteiger partial charge in [-0.1, -0.05) is 36.4 Å². The van der Waals surface area contributed by atoms with Crippen molar-refractivity contribution in [1.82, 2.24) is 19.7 Å². The molecule has 0 aliphatic rings. The molecule has 3 aromatic heterocycles. The molecule has 5 rings (SSSR count). The minimum absolute atomic E-state index is 0.283. The van der Waals surface area contributed by atoms with Crippen LogP contribution >= 0.6 is 0 Å². The number of rotatable bonds is 8. The number of benzene rings is 2. The van der Waals surface area contributed by atoms with Crippen LogP contribution in [0.3, 0.4) is 0 Å². The minimum Gasteiger partial charge on any atom is -0.492 e. The number of nitrogens with two attached hydrogens (primary N) is 1. The molecule has 176 valence electrons. The maximum absolute atomic E-state index is 12.8. The third-order valence-electron chi connectivity index (χ3n) is 5.53. The molecule has 9 nitrogen and oxygen atoms in total.